The van der Waals surface area contributed by atoms with Crippen LogP contribution in [0.4, 0.5) is 4.39 Å². The maximum absolute atomic E-state index is 13.6. The summed E-state index contributed by atoms with van der Waals surface area (Å²) in [5.41, 5.74) is 1.76. The fraction of sp³-hybridized carbons (Fsp3) is 0.500. The minimum Gasteiger partial charge on any atom is -0.390 e. The number of rotatable bonds is 6. The van der Waals surface area contributed by atoms with Gasteiger partial charge in [-0.15, -0.1) is 0 Å². The average Bonchev–Trinajstić information content (AvgIpc) is 2.71. The molecule has 0 atom stereocenters. The first-order valence-corrected chi connectivity index (χ1v) is 10.9. The van der Waals surface area contributed by atoms with Crippen LogP contribution in [0.2, 0.25) is 30.8 Å². The van der Waals surface area contributed by atoms with Crippen molar-refractivity contribution >= 4 is 30.7 Å². The van der Waals surface area contributed by atoms with E-state index in [1.54, 1.807) is 10.6 Å². The first-order chi connectivity index (χ1) is 9.81. The van der Waals surface area contributed by atoms with Crippen LogP contribution in [0.15, 0.2) is 12.1 Å². The molecule has 2 heterocycles. The van der Waals surface area contributed by atoms with Gasteiger partial charge >= 0.3 is 0 Å². The maximum Gasteiger partial charge on any atom is 0.165 e. The molecule has 4 nitrogen and oxygen atoms in total. The standard InChI is InChI=1S/C14H20ClFN2O2Si/c1-21(2,3)5-4-20-9-18-10(8-19)6-12-13(18)7-11(16)14(15)17-12/h6-7,19H,4-5,8-9H2,1-3H3. The molecule has 0 bridgehead atoms. The minimum absolute atomic E-state index is 0.160. The van der Waals surface area contributed by atoms with E-state index in [2.05, 4.69) is 24.6 Å². The normalized spacial score (nSPS) is 12.3. The predicted octanol–water partition coefficient (Wildman–Crippen LogP) is 3.63. The number of aliphatic hydroxyl groups excluding tert-OH is 1. The van der Waals surface area contributed by atoms with Gasteiger partial charge < -0.3 is 14.4 Å². The van der Waals surface area contributed by atoms with Crippen molar-refractivity contribution in [1.29, 1.82) is 0 Å². The first-order valence-electron chi connectivity index (χ1n) is 6.84. The molecule has 0 saturated carbocycles. The molecular weight excluding hydrogens is 311 g/mol. The molecule has 0 aliphatic rings. The zero-order chi connectivity index (χ0) is 15.6. The number of pyridine rings is 1. The summed E-state index contributed by atoms with van der Waals surface area (Å²) in [5.74, 6) is -0.574. The second kappa shape index (κ2) is 6.44. The topological polar surface area (TPSA) is 47.3 Å². The van der Waals surface area contributed by atoms with E-state index >= 15 is 0 Å². The van der Waals surface area contributed by atoms with E-state index in [4.69, 9.17) is 16.3 Å². The molecule has 2 rings (SSSR count). The van der Waals surface area contributed by atoms with E-state index in [-0.39, 0.29) is 18.5 Å². The van der Waals surface area contributed by atoms with Crippen LogP contribution in [0.3, 0.4) is 0 Å². The maximum atomic E-state index is 13.6. The van der Waals surface area contributed by atoms with E-state index in [0.29, 0.717) is 23.3 Å². The highest BCUT2D eigenvalue weighted by Gasteiger charge is 2.15. The summed E-state index contributed by atoms with van der Waals surface area (Å²) in [6, 6.07) is 4.08. The van der Waals surface area contributed by atoms with Crippen molar-refractivity contribution in [2.24, 2.45) is 0 Å². The van der Waals surface area contributed by atoms with Crippen LogP contribution in [0, 0.1) is 5.82 Å². The zero-order valence-electron chi connectivity index (χ0n) is 12.5. The highest BCUT2D eigenvalue weighted by molar-refractivity contribution is 6.76. The Morgan fingerprint density at radius 3 is 2.71 bits per heavy atom. The van der Waals surface area contributed by atoms with Gasteiger partial charge in [0.15, 0.2) is 11.0 Å². The molecule has 2 aromatic rings. The summed E-state index contributed by atoms with van der Waals surface area (Å²) in [5, 5.41) is 9.26. The first kappa shape index (κ1) is 16.4. The largest absolute Gasteiger partial charge is 0.390 e. The number of aromatic nitrogens is 2. The third-order valence-electron chi connectivity index (χ3n) is 3.26. The lowest BCUT2D eigenvalue weighted by atomic mass is 10.3. The number of nitrogens with zero attached hydrogens (tertiary/aromatic N) is 2. The number of ether oxygens (including phenoxy) is 1. The molecule has 0 aliphatic carbocycles. The fourth-order valence-electron chi connectivity index (χ4n) is 2.00. The molecule has 21 heavy (non-hydrogen) atoms. The summed E-state index contributed by atoms with van der Waals surface area (Å²) >= 11 is 5.68. The van der Waals surface area contributed by atoms with Crippen LogP contribution in [-0.4, -0.2) is 29.3 Å². The lowest BCUT2D eigenvalue weighted by Crippen LogP contribution is -2.22. The van der Waals surface area contributed by atoms with Gasteiger partial charge in [-0.3, -0.25) is 0 Å². The summed E-state index contributed by atoms with van der Waals surface area (Å²) in [6.07, 6.45) is 0. The Morgan fingerprint density at radius 1 is 1.38 bits per heavy atom. The number of aliphatic hydroxyl groups is 1. The van der Waals surface area contributed by atoms with Crippen molar-refractivity contribution in [1.82, 2.24) is 9.55 Å². The number of halogens is 2. The van der Waals surface area contributed by atoms with Gasteiger partial charge in [0.1, 0.15) is 6.73 Å². The van der Waals surface area contributed by atoms with Gasteiger partial charge in [0.2, 0.25) is 0 Å². The number of fused-ring (bicyclic) bond motifs is 1. The highest BCUT2D eigenvalue weighted by Crippen LogP contribution is 2.23. The summed E-state index contributed by atoms with van der Waals surface area (Å²) in [6.45, 7) is 7.61. The van der Waals surface area contributed by atoms with Gasteiger partial charge in [-0.2, -0.15) is 0 Å². The van der Waals surface area contributed by atoms with Crippen LogP contribution in [0.5, 0.6) is 0 Å². The molecule has 0 amide bonds. The molecule has 0 saturated heterocycles. The van der Waals surface area contributed by atoms with Crippen molar-refractivity contribution in [3.63, 3.8) is 0 Å². The Labute approximate surface area is 129 Å². The average molecular weight is 331 g/mol. The van der Waals surface area contributed by atoms with Gasteiger partial charge in [-0.05, 0) is 12.1 Å². The molecule has 0 radical (unpaired) electrons. The lowest BCUT2D eigenvalue weighted by molar-refractivity contribution is 0.0854. The molecule has 0 fully saturated rings. The second-order valence-electron chi connectivity index (χ2n) is 6.24. The molecule has 0 spiro atoms. The Bertz CT molecular complexity index is 640. The monoisotopic (exact) mass is 330 g/mol. The number of hydrogen-bond donors (Lipinski definition) is 1. The van der Waals surface area contributed by atoms with E-state index in [9.17, 15) is 9.50 Å². The van der Waals surface area contributed by atoms with Crippen LogP contribution >= 0.6 is 11.6 Å². The third-order valence-corrected chi connectivity index (χ3v) is 5.23. The Hall–Kier alpha value is -0.953. The quantitative estimate of drug-likeness (QED) is 0.500. The van der Waals surface area contributed by atoms with Crippen molar-refractivity contribution in [2.45, 2.75) is 39.0 Å². The summed E-state index contributed by atoms with van der Waals surface area (Å²) < 4.78 is 21.0. The van der Waals surface area contributed by atoms with Crippen molar-refractivity contribution in [3.05, 3.63) is 28.8 Å². The molecule has 0 unspecified atom stereocenters. The van der Waals surface area contributed by atoms with Gasteiger partial charge in [-0.25, -0.2) is 9.37 Å². The second-order valence-corrected chi connectivity index (χ2v) is 12.2. The van der Waals surface area contributed by atoms with Gasteiger partial charge in [0.05, 0.1) is 17.6 Å². The van der Waals surface area contributed by atoms with E-state index in [0.717, 1.165) is 6.04 Å². The summed E-state index contributed by atoms with van der Waals surface area (Å²) in [7, 11) is -1.14. The third kappa shape index (κ3) is 4.03. The van der Waals surface area contributed by atoms with E-state index < -0.39 is 13.9 Å². The van der Waals surface area contributed by atoms with Crippen LogP contribution in [0.1, 0.15) is 5.69 Å². The Balaban J connectivity index is 2.19. The van der Waals surface area contributed by atoms with Crippen molar-refractivity contribution < 1.29 is 14.2 Å². The molecule has 0 aliphatic heterocycles. The molecule has 116 valence electrons. The summed E-state index contributed by atoms with van der Waals surface area (Å²) in [4.78, 5) is 3.98. The van der Waals surface area contributed by atoms with Crippen molar-refractivity contribution in [2.75, 3.05) is 6.61 Å². The minimum atomic E-state index is -1.14. The van der Waals surface area contributed by atoms with E-state index in [1.807, 2.05) is 0 Å². The molecule has 0 aromatic carbocycles. The molecule has 2 aromatic heterocycles. The molecule has 1 N–H and O–H groups in total. The molecular formula is C14H20ClFN2O2Si. The van der Waals surface area contributed by atoms with Crippen LogP contribution in [-0.2, 0) is 18.1 Å². The number of hydrogen-bond acceptors (Lipinski definition) is 3. The fourth-order valence-corrected chi connectivity index (χ4v) is 2.90. The van der Waals surface area contributed by atoms with Crippen molar-refractivity contribution in [3.8, 4) is 0 Å². The van der Waals surface area contributed by atoms with Gasteiger partial charge in [0, 0.05) is 26.4 Å². The van der Waals surface area contributed by atoms with Gasteiger partial charge in [0.25, 0.3) is 0 Å². The predicted molar refractivity (Wildman–Crippen MR) is 84.7 cm³/mol. The van der Waals surface area contributed by atoms with Crippen LogP contribution in [0.25, 0.3) is 11.0 Å². The SMILES string of the molecule is C[Si](C)(C)CCOCn1c(CO)cc2nc(Cl)c(F)cc21. The Morgan fingerprint density at radius 2 is 2.10 bits per heavy atom. The van der Waals surface area contributed by atoms with Crippen LogP contribution < -0.4 is 0 Å². The van der Waals surface area contributed by atoms with E-state index in [1.165, 1.54) is 6.07 Å². The smallest absolute Gasteiger partial charge is 0.165 e. The molecule has 7 heteroatoms. The zero-order valence-corrected chi connectivity index (χ0v) is 14.2. The highest BCUT2D eigenvalue weighted by atomic mass is 35.5. The van der Waals surface area contributed by atoms with Gasteiger partial charge in [-0.1, -0.05) is 31.2 Å². The lowest BCUT2D eigenvalue weighted by Gasteiger charge is -2.16. The Kier molecular flexibility index (Phi) is 5.03.